The van der Waals surface area contributed by atoms with Crippen molar-refractivity contribution in [2.45, 2.75) is 6.18 Å². The van der Waals surface area contributed by atoms with E-state index in [0.717, 1.165) is 17.7 Å². The lowest BCUT2D eigenvalue weighted by molar-refractivity contribution is -0.137. The van der Waals surface area contributed by atoms with Crippen LogP contribution >= 0.6 is 0 Å². The van der Waals surface area contributed by atoms with Crippen molar-refractivity contribution in [3.8, 4) is 0 Å². The summed E-state index contributed by atoms with van der Waals surface area (Å²) in [6.07, 6.45) is -1.55. The number of pyridine rings is 1. The zero-order chi connectivity index (χ0) is 20.0. The van der Waals surface area contributed by atoms with E-state index in [9.17, 15) is 18.0 Å². The number of hydrogen-bond acceptors (Lipinski definition) is 4. The summed E-state index contributed by atoms with van der Waals surface area (Å²) in [5, 5.41) is 6.63. The van der Waals surface area contributed by atoms with Crippen molar-refractivity contribution < 1.29 is 18.0 Å². The number of hydrazone groups is 1. The quantitative estimate of drug-likeness (QED) is 0.499. The van der Waals surface area contributed by atoms with Crippen LogP contribution in [-0.2, 0) is 6.18 Å². The van der Waals surface area contributed by atoms with Gasteiger partial charge in [-0.05, 0) is 35.9 Å². The largest absolute Gasteiger partial charge is 0.416 e. The Bertz CT molecular complexity index is 988. The van der Waals surface area contributed by atoms with Gasteiger partial charge in [0.05, 0.1) is 17.3 Å². The molecule has 0 spiro atoms. The second kappa shape index (κ2) is 8.34. The molecule has 1 heterocycles. The first-order valence-electron chi connectivity index (χ1n) is 8.21. The Hall–Kier alpha value is -3.68. The van der Waals surface area contributed by atoms with Gasteiger partial charge in [-0.25, -0.2) is 10.4 Å². The summed E-state index contributed by atoms with van der Waals surface area (Å²) in [6.45, 7) is 0. The topological polar surface area (TPSA) is 66.4 Å². The smallest absolute Gasteiger partial charge is 0.340 e. The van der Waals surface area contributed by atoms with E-state index in [1.165, 1.54) is 30.6 Å². The maximum absolute atomic E-state index is 12.9. The number of benzene rings is 2. The number of nitrogens with one attached hydrogen (secondary N) is 2. The van der Waals surface area contributed by atoms with Crippen LogP contribution in [0.3, 0.4) is 0 Å². The summed E-state index contributed by atoms with van der Waals surface area (Å²) in [7, 11) is 0. The van der Waals surface area contributed by atoms with Crippen LogP contribution < -0.4 is 10.7 Å². The molecule has 1 amide bonds. The number of rotatable bonds is 5. The van der Waals surface area contributed by atoms with Gasteiger partial charge in [-0.2, -0.15) is 18.3 Å². The number of alkyl halides is 3. The molecule has 0 saturated heterocycles. The molecule has 0 aliphatic heterocycles. The van der Waals surface area contributed by atoms with Gasteiger partial charge >= 0.3 is 6.18 Å². The maximum atomic E-state index is 12.9. The van der Waals surface area contributed by atoms with E-state index in [0.29, 0.717) is 0 Å². The van der Waals surface area contributed by atoms with Gasteiger partial charge in [-0.3, -0.25) is 4.79 Å². The standard InChI is InChI=1S/C20H15F3N4O/c21-20(22,23)15-8-4-9-16(12-15)26-18-17(10-5-11-24-18)19(28)27-25-13-14-6-2-1-3-7-14/h1-13H,(H,24,26)(H,27,28)/b25-13+. The van der Waals surface area contributed by atoms with Gasteiger partial charge in [0.2, 0.25) is 0 Å². The predicted octanol–water partition coefficient (Wildman–Crippen LogP) is 4.61. The summed E-state index contributed by atoms with van der Waals surface area (Å²) in [5.41, 5.74) is 2.69. The number of hydrogen-bond donors (Lipinski definition) is 2. The number of anilines is 2. The Morgan fingerprint density at radius 3 is 2.54 bits per heavy atom. The molecule has 0 radical (unpaired) electrons. The van der Waals surface area contributed by atoms with Gasteiger partial charge in [-0.15, -0.1) is 0 Å². The van der Waals surface area contributed by atoms with Crippen molar-refractivity contribution in [3.05, 3.63) is 89.6 Å². The molecule has 0 bridgehead atoms. The molecule has 2 aromatic carbocycles. The van der Waals surface area contributed by atoms with E-state index < -0.39 is 17.6 Å². The van der Waals surface area contributed by atoms with Gasteiger partial charge < -0.3 is 5.32 Å². The van der Waals surface area contributed by atoms with Crippen molar-refractivity contribution >= 4 is 23.6 Å². The molecule has 0 aliphatic carbocycles. The van der Waals surface area contributed by atoms with Gasteiger partial charge in [0.1, 0.15) is 5.82 Å². The van der Waals surface area contributed by atoms with Crippen LogP contribution in [0, 0.1) is 0 Å². The molecule has 0 aliphatic rings. The predicted molar refractivity (Wildman–Crippen MR) is 100 cm³/mol. The van der Waals surface area contributed by atoms with Crippen molar-refractivity contribution in [1.82, 2.24) is 10.4 Å². The Morgan fingerprint density at radius 1 is 1.00 bits per heavy atom. The van der Waals surface area contributed by atoms with E-state index in [1.807, 2.05) is 30.3 Å². The fraction of sp³-hybridized carbons (Fsp3) is 0.0500. The fourth-order valence-corrected chi connectivity index (χ4v) is 2.36. The van der Waals surface area contributed by atoms with E-state index in [2.05, 4.69) is 20.8 Å². The van der Waals surface area contributed by atoms with Crippen LogP contribution in [-0.4, -0.2) is 17.1 Å². The molecule has 142 valence electrons. The van der Waals surface area contributed by atoms with Gasteiger partial charge in [0.25, 0.3) is 5.91 Å². The number of carbonyl (C=O) groups excluding carboxylic acids is 1. The van der Waals surface area contributed by atoms with Gasteiger partial charge in [0, 0.05) is 11.9 Å². The highest BCUT2D eigenvalue weighted by Gasteiger charge is 2.30. The van der Waals surface area contributed by atoms with E-state index in [-0.39, 0.29) is 17.1 Å². The highest BCUT2D eigenvalue weighted by molar-refractivity contribution is 5.99. The van der Waals surface area contributed by atoms with Crippen molar-refractivity contribution in [1.29, 1.82) is 0 Å². The molecular weight excluding hydrogens is 369 g/mol. The number of halogens is 3. The van der Waals surface area contributed by atoms with Crippen LogP contribution in [0.1, 0.15) is 21.5 Å². The molecule has 2 N–H and O–H groups in total. The van der Waals surface area contributed by atoms with Crippen molar-refractivity contribution in [2.24, 2.45) is 5.10 Å². The minimum Gasteiger partial charge on any atom is -0.340 e. The molecule has 1 aromatic heterocycles. The Balaban J connectivity index is 1.76. The molecule has 3 rings (SSSR count). The second-order valence-electron chi connectivity index (χ2n) is 5.71. The lowest BCUT2D eigenvalue weighted by Crippen LogP contribution is -2.19. The average Bonchev–Trinajstić information content (AvgIpc) is 2.69. The molecule has 3 aromatic rings. The minimum atomic E-state index is -4.46. The molecular formula is C20H15F3N4O. The third-order valence-electron chi connectivity index (χ3n) is 3.68. The second-order valence-corrected chi connectivity index (χ2v) is 5.71. The first-order chi connectivity index (χ1) is 13.4. The van der Waals surface area contributed by atoms with Crippen LogP contribution in [0.15, 0.2) is 78.0 Å². The Labute approximate surface area is 158 Å². The Morgan fingerprint density at radius 2 is 1.79 bits per heavy atom. The number of aromatic nitrogens is 1. The van der Waals surface area contributed by atoms with Gasteiger partial charge in [-0.1, -0.05) is 36.4 Å². The molecule has 5 nitrogen and oxygen atoms in total. The minimum absolute atomic E-state index is 0.120. The zero-order valence-electron chi connectivity index (χ0n) is 14.4. The SMILES string of the molecule is O=C(N/N=C/c1ccccc1)c1cccnc1Nc1cccc(C(F)(F)F)c1. The zero-order valence-corrected chi connectivity index (χ0v) is 14.4. The van der Waals surface area contributed by atoms with E-state index >= 15 is 0 Å². The molecule has 0 atom stereocenters. The lowest BCUT2D eigenvalue weighted by atomic mass is 10.2. The molecule has 28 heavy (non-hydrogen) atoms. The summed E-state index contributed by atoms with van der Waals surface area (Å²) in [4.78, 5) is 16.4. The maximum Gasteiger partial charge on any atom is 0.416 e. The third kappa shape index (κ3) is 4.94. The monoisotopic (exact) mass is 384 g/mol. The number of nitrogens with zero attached hydrogens (tertiary/aromatic N) is 2. The van der Waals surface area contributed by atoms with E-state index in [1.54, 1.807) is 6.07 Å². The number of carbonyl (C=O) groups is 1. The van der Waals surface area contributed by atoms with Crippen LogP contribution in [0.4, 0.5) is 24.7 Å². The summed E-state index contributed by atoms with van der Waals surface area (Å²) < 4.78 is 38.6. The summed E-state index contributed by atoms with van der Waals surface area (Å²) in [5.74, 6) is -0.427. The van der Waals surface area contributed by atoms with Crippen LogP contribution in [0.25, 0.3) is 0 Å². The normalized spacial score (nSPS) is 11.4. The van der Waals surface area contributed by atoms with Crippen LogP contribution in [0.2, 0.25) is 0 Å². The fourth-order valence-electron chi connectivity index (χ4n) is 2.36. The lowest BCUT2D eigenvalue weighted by Gasteiger charge is -2.12. The van der Waals surface area contributed by atoms with E-state index in [4.69, 9.17) is 0 Å². The molecule has 0 saturated carbocycles. The van der Waals surface area contributed by atoms with Crippen molar-refractivity contribution in [2.75, 3.05) is 5.32 Å². The molecule has 8 heteroatoms. The summed E-state index contributed by atoms with van der Waals surface area (Å²) >= 11 is 0. The first-order valence-corrected chi connectivity index (χ1v) is 8.21. The molecule has 0 unspecified atom stereocenters. The highest BCUT2D eigenvalue weighted by atomic mass is 19.4. The molecule has 0 fully saturated rings. The first kappa shape index (κ1) is 19.1. The Kier molecular flexibility index (Phi) is 5.69. The number of amides is 1. The third-order valence-corrected chi connectivity index (χ3v) is 3.68. The summed E-state index contributed by atoms with van der Waals surface area (Å²) in [6, 6.07) is 16.9. The average molecular weight is 384 g/mol. The van der Waals surface area contributed by atoms with Crippen molar-refractivity contribution in [3.63, 3.8) is 0 Å². The highest BCUT2D eigenvalue weighted by Crippen LogP contribution is 2.31. The van der Waals surface area contributed by atoms with Gasteiger partial charge in [0.15, 0.2) is 0 Å². The van der Waals surface area contributed by atoms with Crippen LogP contribution in [0.5, 0.6) is 0 Å².